The summed E-state index contributed by atoms with van der Waals surface area (Å²) in [7, 11) is 0. The normalized spacial score (nSPS) is 11.3. The lowest BCUT2D eigenvalue weighted by molar-refractivity contribution is 1.10. The minimum atomic E-state index is 0.479. The standard InChI is InChI=1S/C38H22N4/c39-23-26-10-9-11-27(24-40)38(26)25-20-21-36(41-32-16-5-1-12-28(32)29-13-2-6-17-33(29)41)37(22-25)42-34-18-7-3-14-30(34)31-15-4-8-19-35(31)42/h1-22H. The number of fused-ring (bicyclic) bond motifs is 6. The van der Waals surface area contributed by atoms with Gasteiger partial charge in [-0.25, -0.2) is 0 Å². The second kappa shape index (κ2) is 9.24. The lowest BCUT2D eigenvalue weighted by Crippen LogP contribution is -2.04. The van der Waals surface area contributed by atoms with Crippen LogP contribution < -0.4 is 0 Å². The fourth-order valence-corrected chi connectivity index (χ4v) is 6.46. The Hall–Kier alpha value is -6.10. The first kappa shape index (κ1) is 23.8. The molecule has 0 atom stereocenters. The summed E-state index contributed by atoms with van der Waals surface area (Å²) in [5.41, 5.74) is 8.82. The highest BCUT2D eigenvalue weighted by Gasteiger charge is 2.21. The van der Waals surface area contributed by atoms with Gasteiger partial charge in [0, 0.05) is 27.1 Å². The number of benzene rings is 6. The van der Waals surface area contributed by atoms with Gasteiger partial charge in [0.15, 0.2) is 0 Å². The molecular weight excluding hydrogens is 512 g/mol. The molecule has 0 aliphatic rings. The Morgan fingerprint density at radius 3 is 1.24 bits per heavy atom. The maximum absolute atomic E-state index is 10.0. The molecule has 6 aromatic carbocycles. The van der Waals surface area contributed by atoms with E-state index in [0.29, 0.717) is 16.7 Å². The van der Waals surface area contributed by atoms with Crippen LogP contribution in [0.5, 0.6) is 0 Å². The molecule has 0 saturated carbocycles. The number of para-hydroxylation sites is 4. The number of nitriles is 2. The second-order valence-corrected chi connectivity index (χ2v) is 10.4. The first-order valence-corrected chi connectivity index (χ1v) is 13.8. The molecule has 0 N–H and O–H groups in total. The molecule has 0 aliphatic heterocycles. The van der Waals surface area contributed by atoms with Crippen molar-refractivity contribution in [2.24, 2.45) is 0 Å². The van der Waals surface area contributed by atoms with Crippen molar-refractivity contribution in [2.75, 3.05) is 0 Å². The van der Waals surface area contributed by atoms with Gasteiger partial charge in [-0.1, -0.05) is 84.9 Å². The number of aromatic nitrogens is 2. The van der Waals surface area contributed by atoms with Crippen LogP contribution in [0.4, 0.5) is 0 Å². The minimum absolute atomic E-state index is 0.479. The van der Waals surface area contributed by atoms with Crippen LogP contribution in [0.25, 0.3) is 66.1 Å². The number of hydrogen-bond acceptors (Lipinski definition) is 2. The van der Waals surface area contributed by atoms with E-state index in [0.717, 1.165) is 39.0 Å². The summed E-state index contributed by atoms with van der Waals surface area (Å²) >= 11 is 0. The smallest absolute Gasteiger partial charge is 0.0998 e. The van der Waals surface area contributed by atoms with Gasteiger partial charge in [-0.2, -0.15) is 10.5 Å². The first-order valence-electron chi connectivity index (χ1n) is 13.8. The van der Waals surface area contributed by atoms with E-state index in [1.165, 1.54) is 21.5 Å². The highest BCUT2D eigenvalue weighted by atomic mass is 15.1. The number of hydrogen-bond donors (Lipinski definition) is 0. The predicted molar refractivity (Wildman–Crippen MR) is 170 cm³/mol. The summed E-state index contributed by atoms with van der Waals surface area (Å²) in [4.78, 5) is 0. The largest absolute Gasteiger partial charge is 0.307 e. The van der Waals surface area contributed by atoms with Gasteiger partial charge >= 0.3 is 0 Å². The van der Waals surface area contributed by atoms with Crippen molar-refractivity contribution in [2.45, 2.75) is 0 Å². The SMILES string of the molecule is N#Cc1cccc(C#N)c1-c1ccc(-n2c3ccccc3c3ccccc32)c(-n2c3ccccc3c3ccccc32)c1. The third kappa shape index (κ3) is 3.33. The van der Waals surface area contributed by atoms with Crippen molar-refractivity contribution in [3.8, 4) is 34.6 Å². The molecule has 2 heterocycles. The molecule has 194 valence electrons. The molecule has 0 saturated heterocycles. The average Bonchev–Trinajstić information content (AvgIpc) is 3.57. The van der Waals surface area contributed by atoms with E-state index in [1.807, 2.05) is 6.07 Å². The van der Waals surface area contributed by atoms with Gasteiger partial charge in [0.25, 0.3) is 0 Å². The van der Waals surface area contributed by atoms with Crippen LogP contribution in [0, 0.1) is 22.7 Å². The van der Waals surface area contributed by atoms with E-state index in [-0.39, 0.29) is 0 Å². The van der Waals surface area contributed by atoms with E-state index in [9.17, 15) is 10.5 Å². The lowest BCUT2D eigenvalue weighted by Gasteiger charge is -2.19. The molecule has 42 heavy (non-hydrogen) atoms. The van der Waals surface area contributed by atoms with Gasteiger partial charge in [-0.15, -0.1) is 0 Å². The highest BCUT2D eigenvalue weighted by Crippen LogP contribution is 2.40. The molecule has 0 aliphatic carbocycles. The van der Waals surface area contributed by atoms with Crippen LogP contribution in [0.1, 0.15) is 11.1 Å². The molecular formula is C38H22N4. The zero-order valence-electron chi connectivity index (χ0n) is 22.5. The molecule has 0 fully saturated rings. The maximum atomic E-state index is 10.0. The maximum Gasteiger partial charge on any atom is 0.0998 e. The van der Waals surface area contributed by atoms with E-state index < -0.39 is 0 Å². The molecule has 2 aromatic heterocycles. The quantitative estimate of drug-likeness (QED) is 0.227. The molecule has 8 rings (SSSR count). The van der Waals surface area contributed by atoms with Gasteiger partial charge < -0.3 is 9.13 Å². The molecule has 0 amide bonds. The Morgan fingerprint density at radius 2 is 0.810 bits per heavy atom. The van der Waals surface area contributed by atoms with Crippen molar-refractivity contribution in [3.05, 3.63) is 145 Å². The summed E-state index contributed by atoms with van der Waals surface area (Å²) in [6.45, 7) is 0. The molecule has 0 bridgehead atoms. The van der Waals surface area contributed by atoms with Crippen LogP contribution in [-0.2, 0) is 0 Å². The van der Waals surface area contributed by atoms with E-state index in [1.54, 1.807) is 18.2 Å². The fourth-order valence-electron chi connectivity index (χ4n) is 6.46. The van der Waals surface area contributed by atoms with Gasteiger partial charge in [0.1, 0.15) is 0 Å². The Balaban J connectivity index is 1.56. The Morgan fingerprint density at radius 1 is 0.405 bits per heavy atom. The van der Waals surface area contributed by atoms with Crippen LogP contribution in [0.3, 0.4) is 0 Å². The molecule has 4 heteroatoms. The number of rotatable bonds is 3. The molecule has 8 aromatic rings. The monoisotopic (exact) mass is 534 g/mol. The summed E-state index contributed by atoms with van der Waals surface area (Å²) in [6.07, 6.45) is 0. The lowest BCUT2D eigenvalue weighted by atomic mass is 9.94. The van der Waals surface area contributed by atoms with E-state index in [2.05, 4.69) is 130 Å². The zero-order chi connectivity index (χ0) is 28.2. The van der Waals surface area contributed by atoms with Crippen LogP contribution in [0.2, 0.25) is 0 Å². The highest BCUT2D eigenvalue weighted by molar-refractivity contribution is 6.11. The van der Waals surface area contributed by atoms with E-state index >= 15 is 0 Å². The van der Waals surface area contributed by atoms with Crippen molar-refractivity contribution in [3.63, 3.8) is 0 Å². The Labute approximate surface area is 242 Å². The molecule has 0 spiro atoms. The van der Waals surface area contributed by atoms with Gasteiger partial charge in [-0.05, 0) is 54.1 Å². The van der Waals surface area contributed by atoms with Gasteiger partial charge in [-0.3, -0.25) is 0 Å². The summed E-state index contributed by atoms with van der Waals surface area (Å²) in [6, 6.07) is 50.1. The minimum Gasteiger partial charge on any atom is -0.307 e. The van der Waals surface area contributed by atoms with Crippen molar-refractivity contribution < 1.29 is 0 Å². The second-order valence-electron chi connectivity index (χ2n) is 10.4. The van der Waals surface area contributed by atoms with Crippen LogP contribution in [-0.4, -0.2) is 9.13 Å². The Bertz CT molecular complexity index is 2300. The van der Waals surface area contributed by atoms with Gasteiger partial charge in [0.2, 0.25) is 0 Å². The predicted octanol–water partition coefficient (Wildman–Crippen LogP) is 9.29. The first-order chi connectivity index (χ1) is 20.8. The third-order valence-electron chi connectivity index (χ3n) is 8.21. The summed E-state index contributed by atoms with van der Waals surface area (Å²) in [5, 5.41) is 24.7. The fraction of sp³-hybridized carbons (Fsp3) is 0. The average molecular weight is 535 g/mol. The van der Waals surface area contributed by atoms with E-state index in [4.69, 9.17) is 0 Å². The topological polar surface area (TPSA) is 57.4 Å². The Kier molecular flexibility index (Phi) is 5.22. The molecule has 0 unspecified atom stereocenters. The van der Waals surface area contributed by atoms with Gasteiger partial charge in [0.05, 0.1) is 56.7 Å². The van der Waals surface area contributed by atoms with Crippen molar-refractivity contribution in [1.82, 2.24) is 9.13 Å². The number of nitrogens with zero attached hydrogens (tertiary/aromatic N) is 4. The summed E-state index contributed by atoms with van der Waals surface area (Å²) in [5.74, 6) is 0. The zero-order valence-corrected chi connectivity index (χ0v) is 22.5. The third-order valence-corrected chi connectivity index (χ3v) is 8.21. The molecule has 0 radical (unpaired) electrons. The summed E-state index contributed by atoms with van der Waals surface area (Å²) < 4.78 is 4.64. The van der Waals surface area contributed by atoms with Crippen molar-refractivity contribution in [1.29, 1.82) is 10.5 Å². The van der Waals surface area contributed by atoms with Crippen LogP contribution in [0.15, 0.2) is 133 Å². The van der Waals surface area contributed by atoms with Crippen LogP contribution >= 0.6 is 0 Å². The van der Waals surface area contributed by atoms with Crippen molar-refractivity contribution >= 4 is 43.6 Å². The molecule has 4 nitrogen and oxygen atoms in total.